The largest absolute Gasteiger partial charge is 0.399 e. The van der Waals surface area contributed by atoms with Gasteiger partial charge in [-0.1, -0.05) is 174 Å². The van der Waals surface area contributed by atoms with E-state index >= 15 is 0 Å². The molecule has 0 saturated carbocycles. The van der Waals surface area contributed by atoms with Crippen LogP contribution in [0.4, 0.5) is 17.1 Å². The van der Waals surface area contributed by atoms with Gasteiger partial charge in [-0.3, -0.25) is 0 Å². The molecule has 0 aliphatic rings. The second kappa shape index (κ2) is 18.7. The van der Waals surface area contributed by atoms with E-state index in [-0.39, 0.29) is 0 Å². The number of anilines is 3. The molecule has 0 spiro atoms. The number of hydrogen-bond acceptors (Lipinski definition) is 2. The number of nitrogen functional groups attached to an aromatic ring is 1. The highest BCUT2D eigenvalue weighted by molar-refractivity contribution is 9.10. The molecule has 0 radical (unpaired) electrons. The van der Waals surface area contributed by atoms with Gasteiger partial charge in [0.25, 0.3) is 0 Å². The monoisotopic (exact) mass is 900 g/mol. The quantitative estimate of drug-likeness (QED) is 0.163. The molecule has 0 aliphatic heterocycles. The van der Waals surface area contributed by atoms with Gasteiger partial charge in [-0.25, -0.2) is 0 Å². The fourth-order valence-corrected chi connectivity index (χ4v) is 8.92. The van der Waals surface area contributed by atoms with E-state index in [1.165, 1.54) is 77.2 Å². The number of fused-ring (bicyclic) bond motifs is 6. The van der Waals surface area contributed by atoms with E-state index in [9.17, 15) is 0 Å². The molecule has 0 saturated heterocycles. The first-order valence-electron chi connectivity index (χ1n) is 21.7. The molecule has 312 valence electrons. The third-order valence-electron chi connectivity index (χ3n) is 11.6. The summed E-state index contributed by atoms with van der Waals surface area (Å²) >= 11 is 3.57. The van der Waals surface area contributed by atoms with Crippen molar-refractivity contribution >= 4 is 76.6 Å². The van der Waals surface area contributed by atoms with Gasteiger partial charge in [-0.15, -0.1) is 0 Å². The average molecular weight is 902 g/mol. The first-order valence-corrected chi connectivity index (χ1v) is 22.5. The number of hydrogen-bond donors (Lipinski definition) is 2. The first kappa shape index (κ1) is 40.9. The van der Waals surface area contributed by atoms with Crippen molar-refractivity contribution in [2.45, 2.75) is 0 Å². The van der Waals surface area contributed by atoms with Crippen LogP contribution in [0.2, 0.25) is 0 Å². The summed E-state index contributed by atoms with van der Waals surface area (Å²) in [6, 6.07) is 88.5. The van der Waals surface area contributed by atoms with Gasteiger partial charge in [-0.2, -0.15) is 0 Å². The second-order valence-corrected chi connectivity index (χ2v) is 16.7. The van der Waals surface area contributed by atoms with Crippen LogP contribution < -0.4 is 11.1 Å². The summed E-state index contributed by atoms with van der Waals surface area (Å²) < 4.78 is 5.76. The van der Waals surface area contributed by atoms with Crippen LogP contribution in [0, 0.1) is 0 Å². The van der Waals surface area contributed by atoms with Crippen LogP contribution in [0.15, 0.2) is 259 Å². The standard InChI is InChI=1S/C30H22N2.C18H12BrN.C12H11N/c1-3-9-22(10-4-1)23-15-17-24(18-16-23)31-25-19-20-30-28(21-25)27-13-7-8-14-29(27)32(30)26-11-5-2-6-12-26;19-13-10-11-18-16(12-13)15-8-4-5-9-17(15)20(18)14-6-2-1-3-7-14;13-12-8-6-11(7-9-12)10-4-2-1-3-5-10/h1-21,31H;1-12H;1-9H,13H2. The Hall–Kier alpha value is -8.12. The number of nitrogens with two attached hydrogens (primary N) is 1. The zero-order chi connectivity index (χ0) is 44.0. The molecule has 2 heterocycles. The predicted molar refractivity (Wildman–Crippen MR) is 281 cm³/mol. The molecule has 3 N–H and O–H groups in total. The molecule has 12 rings (SSSR count). The number of nitrogens with one attached hydrogen (secondary N) is 1. The van der Waals surface area contributed by atoms with Crippen molar-refractivity contribution in [2.24, 2.45) is 0 Å². The van der Waals surface area contributed by atoms with Crippen LogP contribution in [-0.4, -0.2) is 9.13 Å². The molecular weight excluding hydrogens is 857 g/mol. The maximum absolute atomic E-state index is 5.60. The summed E-state index contributed by atoms with van der Waals surface area (Å²) in [4.78, 5) is 0. The maximum Gasteiger partial charge on any atom is 0.0542 e. The highest BCUT2D eigenvalue weighted by Crippen LogP contribution is 2.36. The fourth-order valence-electron chi connectivity index (χ4n) is 8.56. The first-order chi connectivity index (χ1) is 32.1. The van der Waals surface area contributed by atoms with E-state index in [4.69, 9.17) is 5.73 Å². The van der Waals surface area contributed by atoms with Crippen LogP contribution in [0.5, 0.6) is 0 Å². The molecule has 12 aromatic rings. The van der Waals surface area contributed by atoms with Gasteiger partial charge < -0.3 is 20.2 Å². The third-order valence-corrected chi connectivity index (χ3v) is 12.1. The van der Waals surface area contributed by atoms with Gasteiger partial charge in [0.1, 0.15) is 0 Å². The van der Waals surface area contributed by atoms with Crippen molar-refractivity contribution in [2.75, 3.05) is 11.1 Å². The summed E-state index contributed by atoms with van der Waals surface area (Å²) in [6.45, 7) is 0. The van der Waals surface area contributed by atoms with Gasteiger partial charge in [0.05, 0.1) is 22.1 Å². The van der Waals surface area contributed by atoms with E-state index in [1.54, 1.807) is 0 Å². The number of halogens is 1. The lowest BCUT2D eigenvalue weighted by Crippen LogP contribution is -1.93. The van der Waals surface area contributed by atoms with Crippen LogP contribution in [0.3, 0.4) is 0 Å². The van der Waals surface area contributed by atoms with Crippen LogP contribution >= 0.6 is 15.9 Å². The number of aromatic nitrogens is 2. The van der Waals surface area contributed by atoms with Gasteiger partial charge in [0, 0.05) is 54.5 Å². The Morgan fingerprint density at radius 1 is 0.308 bits per heavy atom. The van der Waals surface area contributed by atoms with Crippen molar-refractivity contribution in [3.8, 4) is 33.6 Å². The second-order valence-electron chi connectivity index (χ2n) is 15.8. The lowest BCUT2D eigenvalue weighted by atomic mass is 10.1. The number of rotatable bonds is 6. The molecule has 0 unspecified atom stereocenters. The zero-order valence-corrected chi connectivity index (χ0v) is 37.2. The van der Waals surface area contributed by atoms with Crippen molar-refractivity contribution in [1.29, 1.82) is 0 Å². The Morgan fingerprint density at radius 3 is 1.18 bits per heavy atom. The fraction of sp³-hybridized carbons (Fsp3) is 0. The van der Waals surface area contributed by atoms with Crippen molar-refractivity contribution in [3.05, 3.63) is 259 Å². The topological polar surface area (TPSA) is 47.9 Å². The Kier molecular flexibility index (Phi) is 11.8. The maximum atomic E-state index is 5.60. The number of benzene rings is 10. The SMILES string of the molecule is Brc1ccc2c(c1)c1ccccc1n2-c1ccccc1.Nc1ccc(-c2ccccc2)cc1.c1ccc(-c2ccc(Nc3ccc4c(c3)c3ccccc3n4-c3ccccc3)cc2)cc1. The van der Waals surface area contributed by atoms with Crippen LogP contribution in [-0.2, 0) is 0 Å². The zero-order valence-electron chi connectivity index (χ0n) is 35.6. The molecule has 0 fully saturated rings. The molecule has 0 amide bonds. The van der Waals surface area contributed by atoms with E-state index in [0.717, 1.165) is 21.5 Å². The smallest absolute Gasteiger partial charge is 0.0542 e. The molecule has 0 atom stereocenters. The van der Waals surface area contributed by atoms with Gasteiger partial charge >= 0.3 is 0 Å². The molecule has 65 heavy (non-hydrogen) atoms. The molecule has 4 nitrogen and oxygen atoms in total. The van der Waals surface area contributed by atoms with Gasteiger partial charge in [0.2, 0.25) is 0 Å². The summed E-state index contributed by atoms with van der Waals surface area (Å²) in [5.41, 5.74) is 20.7. The number of para-hydroxylation sites is 4. The lowest BCUT2D eigenvalue weighted by molar-refractivity contribution is 1.18. The lowest BCUT2D eigenvalue weighted by Gasteiger charge is -2.10. The molecular formula is C60H45BrN4. The number of nitrogens with zero attached hydrogens (tertiary/aromatic N) is 2. The molecule has 0 aliphatic carbocycles. The Balaban J connectivity index is 0.000000128. The van der Waals surface area contributed by atoms with Crippen molar-refractivity contribution in [1.82, 2.24) is 9.13 Å². The summed E-state index contributed by atoms with van der Waals surface area (Å²) in [5.74, 6) is 0. The minimum absolute atomic E-state index is 0.805. The van der Waals surface area contributed by atoms with E-state index in [1.807, 2.05) is 54.6 Å². The van der Waals surface area contributed by atoms with Crippen molar-refractivity contribution < 1.29 is 0 Å². The van der Waals surface area contributed by atoms with Crippen LogP contribution in [0.1, 0.15) is 0 Å². The molecule has 2 aromatic heterocycles. The Labute approximate surface area is 387 Å². The minimum Gasteiger partial charge on any atom is -0.399 e. The van der Waals surface area contributed by atoms with Gasteiger partial charge in [-0.05, 0) is 119 Å². The Morgan fingerprint density at radius 2 is 0.677 bits per heavy atom. The highest BCUT2D eigenvalue weighted by atomic mass is 79.9. The summed E-state index contributed by atoms with van der Waals surface area (Å²) in [6.07, 6.45) is 0. The van der Waals surface area contributed by atoms with E-state index < -0.39 is 0 Å². The van der Waals surface area contributed by atoms with E-state index in [2.05, 4.69) is 231 Å². The minimum atomic E-state index is 0.805. The summed E-state index contributed by atoms with van der Waals surface area (Å²) in [7, 11) is 0. The molecule has 10 aromatic carbocycles. The third kappa shape index (κ3) is 8.79. The molecule has 0 bridgehead atoms. The van der Waals surface area contributed by atoms with Crippen LogP contribution in [0.25, 0.3) is 77.2 Å². The Bertz CT molecular complexity index is 3490. The highest BCUT2D eigenvalue weighted by Gasteiger charge is 2.13. The normalized spacial score (nSPS) is 10.9. The summed E-state index contributed by atoms with van der Waals surface area (Å²) in [5, 5.41) is 8.65. The van der Waals surface area contributed by atoms with Crippen molar-refractivity contribution in [3.63, 3.8) is 0 Å². The molecule has 5 heteroatoms. The predicted octanol–water partition coefficient (Wildman–Crippen LogP) is 16.7. The van der Waals surface area contributed by atoms with Gasteiger partial charge in [0.15, 0.2) is 0 Å². The average Bonchev–Trinajstić information content (AvgIpc) is 3.88. The van der Waals surface area contributed by atoms with E-state index in [0.29, 0.717) is 0 Å².